The lowest BCUT2D eigenvalue weighted by Crippen LogP contribution is -2.29. The van der Waals surface area contributed by atoms with Gasteiger partial charge in [0.25, 0.3) is 0 Å². The van der Waals surface area contributed by atoms with Gasteiger partial charge in [0.05, 0.1) is 0 Å². The van der Waals surface area contributed by atoms with Gasteiger partial charge in [0, 0.05) is 27.8 Å². The number of nitrogens with zero attached hydrogens (tertiary/aromatic N) is 3. The van der Waals surface area contributed by atoms with Gasteiger partial charge in [-0.1, -0.05) is 182 Å². The molecule has 0 saturated carbocycles. The fraction of sp³-hybridized carbons (Fsp3) is 0.0577. The van der Waals surface area contributed by atoms with Crippen LogP contribution in [0.2, 0.25) is 0 Å². The number of ether oxygens (including phenoxy) is 1. The van der Waals surface area contributed by atoms with E-state index in [4.69, 9.17) is 19.7 Å². The van der Waals surface area contributed by atoms with Crippen molar-refractivity contribution >= 4 is 10.8 Å². The first kappa shape index (κ1) is 33.4. The van der Waals surface area contributed by atoms with E-state index in [1.165, 1.54) is 33.0 Å². The second-order valence-corrected chi connectivity index (χ2v) is 14.8. The Labute approximate surface area is 326 Å². The Morgan fingerprint density at radius 2 is 0.821 bits per heavy atom. The van der Waals surface area contributed by atoms with E-state index >= 15 is 0 Å². The molecule has 266 valence electrons. The van der Waals surface area contributed by atoms with E-state index in [1.807, 2.05) is 6.07 Å². The van der Waals surface area contributed by atoms with Crippen LogP contribution in [0.3, 0.4) is 0 Å². The number of rotatable bonds is 6. The smallest absolute Gasteiger partial charge is 0.164 e. The van der Waals surface area contributed by atoms with Gasteiger partial charge in [0.15, 0.2) is 17.5 Å². The van der Waals surface area contributed by atoms with Crippen molar-refractivity contribution in [1.82, 2.24) is 15.0 Å². The van der Waals surface area contributed by atoms with Gasteiger partial charge in [-0.3, -0.25) is 0 Å². The molecule has 0 radical (unpaired) electrons. The summed E-state index contributed by atoms with van der Waals surface area (Å²) >= 11 is 0. The highest BCUT2D eigenvalue weighted by atomic mass is 16.5. The summed E-state index contributed by atoms with van der Waals surface area (Å²) in [5.74, 6) is 2.77. The Bertz CT molecular complexity index is 2870. The SMILES string of the molecule is CC1(C)Oc2cc(-c3ccc(-c4nc(-c5ccc(-c6ccccc6)cc5)nc(-c5ccc(-c6cccc7ccccc67)cc5)n4)cc3)ccc2-c2ccccc21. The van der Waals surface area contributed by atoms with E-state index in [1.54, 1.807) is 0 Å². The molecule has 0 saturated heterocycles. The molecule has 8 aromatic carbocycles. The third kappa shape index (κ3) is 6.11. The van der Waals surface area contributed by atoms with Crippen LogP contribution in [0.4, 0.5) is 0 Å². The van der Waals surface area contributed by atoms with Crippen LogP contribution in [0, 0.1) is 0 Å². The number of fused-ring (bicyclic) bond motifs is 4. The maximum absolute atomic E-state index is 6.57. The monoisotopic (exact) mass is 719 g/mol. The van der Waals surface area contributed by atoms with Gasteiger partial charge in [0.2, 0.25) is 0 Å². The molecular formula is C52H37N3O. The average Bonchev–Trinajstić information content (AvgIpc) is 3.26. The van der Waals surface area contributed by atoms with Gasteiger partial charge in [-0.25, -0.2) is 15.0 Å². The Morgan fingerprint density at radius 3 is 1.48 bits per heavy atom. The second kappa shape index (κ2) is 13.6. The largest absolute Gasteiger partial charge is 0.482 e. The molecule has 4 heteroatoms. The minimum Gasteiger partial charge on any atom is -0.482 e. The van der Waals surface area contributed by atoms with Crippen LogP contribution in [0.15, 0.2) is 188 Å². The highest BCUT2D eigenvalue weighted by Crippen LogP contribution is 2.46. The van der Waals surface area contributed by atoms with Crippen molar-refractivity contribution < 1.29 is 4.74 Å². The molecule has 0 atom stereocenters. The fourth-order valence-corrected chi connectivity index (χ4v) is 7.88. The van der Waals surface area contributed by atoms with Gasteiger partial charge >= 0.3 is 0 Å². The van der Waals surface area contributed by atoms with E-state index < -0.39 is 5.60 Å². The number of benzene rings is 8. The van der Waals surface area contributed by atoms with Gasteiger partial charge in [0.1, 0.15) is 11.4 Å². The number of aromatic nitrogens is 3. The molecule has 2 heterocycles. The Balaban J connectivity index is 1.02. The van der Waals surface area contributed by atoms with Crippen LogP contribution in [0.5, 0.6) is 5.75 Å². The van der Waals surface area contributed by atoms with E-state index in [0.29, 0.717) is 17.5 Å². The predicted molar refractivity (Wildman–Crippen MR) is 229 cm³/mol. The molecule has 56 heavy (non-hydrogen) atoms. The summed E-state index contributed by atoms with van der Waals surface area (Å²) in [6, 6.07) is 65.8. The van der Waals surface area contributed by atoms with Gasteiger partial charge < -0.3 is 4.74 Å². The summed E-state index contributed by atoms with van der Waals surface area (Å²) in [7, 11) is 0. The van der Waals surface area contributed by atoms with E-state index in [9.17, 15) is 0 Å². The zero-order valence-electron chi connectivity index (χ0n) is 31.1. The summed E-state index contributed by atoms with van der Waals surface area (Å²) < 4.78 is 6.57. The van der Waals surface area contributed by atoms with Gasteiger partial charge in [-0.05, 0) is 69.6 Å². The molecule has 1 aliphatic heterocycles. The molecule has 0 aliphatic carbocycles. The van der Waals surface area contributed by atoms with Crippen LogP contribution in [0.1, 0.15) is 19.4 Å². The van der Waals surface area contributed by atoms with E-state index in [-0.39, 0.29) is 0 Å². The van der Waals surface area contributed by atoms with Crippen molar-refractivity contribution in [2.45, 2.75) is 19.4 Å². The highest BCUT2D eigenvalue weighted by Gasteiger charge is 2.32. The van der Waals surface area contributed by atoms with E-state index in [0.717, 1.165) is 50.3 Å². The topological polar surface area (TPSA) is 47.9 Å². The second-order valence-electron chi connectivity index (χ2n) is 14.8. The highest BCUT2D eigenvalue weighted by molar-refractivity contribution is 5.96. The molecule has 0 unspecified atom stereocenters. The van der Waals surface area contributed by atoms with Crippen molar-refractivity contribution in [3.8, 4) is 84.4 Å². The van der Waals surface area contributed by atoms with Crippen LogP contribution in [-0.2, 0) is 5.60 Å². The van der Waals surface area contributed by atoms with Crippen LogP contribution < -0.4 is 4.74 Å². The van der Waals surface area contributed by atoms with Crippen molar-refractivity contribution in [2.75, 3.05) is 0 Å². The Morgan fingerprint density at radius 1 is 0.357 bits per heavy atom. The fourth-order valence-electron chi connectivity index (χ4n) is 7.88. The van der Waals surface area contributed by atoms with Crippen molar-refractivity contribution in [1.29, 1.82) is 0 Å². The molecule has 0 amide bonds. The first-order valence-electron chi connectivity index (χ1n) is 19.0. The molecular weight excluding hydrogens is 683 g/mol. The third-order valence-electron chi connectivity index (χ3n) is 10.8. The van der Waals surface area contributed by atoms with Gasteiger partial charge in [-0.2, -0.15) is 0 Å². The molecule has 0 fully saturated rings. The summed E-state index contributed by atoms with van der Waals surface area (Å²) in [5.41, 5.74) is 12.7. The Hall–Kier alpha value is -7.17. The summed E-state index contributed by atoms with van der Waals surface area (Å²) in [6.07, 6.45) is 0. The number of hydrogen-bond acceptors (Lipinski definition) is 4. The first-order chi connectivity index (χ1) is 27.5. The summed E-state index contributed by atoms with van der Waals surface area (Å²) in [4.78, 5) is 15.2. The molecule has 1 aliphatic rings. The minimum absolute atomic E-state index is 0.418. The maximum atomic E-state index is 6.57. The predicted octanol–water partition coefficient (Wildman–Crippen LogP) is 13.3. The summed E-state index contributed by atoms with van der Waals surface area (Å²) in [5, 5.41) is 2.45. The van der Waals surface area contributed by atoms with Crippen molar-refractivity contribution in [3.63, 3.8) is 0 Å². The zero-order valence-corrected chi connectivity index (χ0v) is 31.1. The van der Waals surface area contributed by atoms with Crippen LogP contribution in [-0.4, -0.2) is 15.0 Å². The number of hydrogen-bond donors (Lipinski definition) is 0. The lowest BCUT2D eigenvalue weighted by atomic mass is 9.85. The van der Waals surface area contributed by atoms with Crippen molar-refractivity contribution in [2.24, 2.45) is 0 Å². The zero-order chi connectivity index (χ0) is 37.6. The normalized spacial score (nSPS) is 12.8. The molecule has 0 bridgehead atoms. The molecule has 0 spiro atoms. The minimum atomic E-state index is -0.418. The van der Waals surface area contributed by atoms with Gasteiger partial charge in [-0.15, -0.1) is 0 Å². The molecule has 9 aromatic rings. The van der Waals surface area contributed by atoms with Crippen LogP contribution >= 0.6 is 0 Å². The molecule has 0 N–H and O–H groups in total. The van der Waals surface area contributed by atoms with E-state index in [2.05, 4.69) is 196 Å². The summed E-state index contributed by atoms with van der Waals surface area (Å²) in [6.45, 7) is 4.26. The first-order valence-corrected chi connectivity index (χ1v) is 19.0. The van der Waals surface area contributed by atoms with Crippen molar-refractivity contribution in [3.05, 3.63) is 194 Å². The molecule has 10 rings (SSSR count). The Kier molecular flexibility index (Phi) is 8.11. The standard InChI is InChI=1S/C52H37N3O/c1-52(2)47-18-9-8-16-45(47)46-32-31-42(33-48(46)56-52)36-21-27-40(28-22-36)50-53-49(39-25-19-35(20-26-39)34-11-4-3-5-12-34)54-51(55-50)41-29-23-38(24-30-41)44-17-10-14-37-13-6-7-15-43(37)44/h3-33H,1-2H3. The lowest BCUT2D eigenvalue weighted by Gasteiger charge is -2.35. The average molecular weight is 720 g/mol. The molecule has 1 aromatic heterocycles. The lowest BCUT2D eigenvalue weighted by molar-refractivity contribution is 0.106. The third-order valence-corrected chi connectivity index (χ3v) is 10.8. The quantitative estimate of drug-likeness (QED) is 0.172. The van der Waals surface area contributed by atoms with Crippen LogP contribution in [0.25, 0.3) is 89.4 Å². The molecule has 4 nitrogen and oxygen atoms in total. The maximum Gasteiger partial charge on any atom is 0.164 e.